The Balaban J connectivity index is 2.93. The number of rotatable bonds is 9. The first kappa shape index (κ1) is 16.9. The maximum Gasteiger partial charge on any atom is 0.301 e. The number of methoxy groups -OCH3 is 1. The van der Waals surface area contributed by atoms with Crippen LogP contribution in [0, 0.1) is 6.92 Å². The molecular formula is C13H23N3O3S. The Bertz CT molecular complexity index is 505. The third-order valence-corrected chi connectivity index (χ3v) is 4.28. The quantitative estimate of drug-likeness (QED) is 0.655. The number of nitrogens with zero attached hydrogens (tertiary/aromatic N) is 1. The van der Waals surface area contributed by atoms with E-state index in [9.17, 15) is 8.42 Å². The van der Waals surface area contributed by atoms with Gasteiger partial charge in [0.25, 0.3) is 0 Å². The molecule has 0 unspecified atom stereocenters. The Morgan fingerprint density at radius 1 is 1.40 bits per heavy atom. The van der Waals surface area contributed by atoms with E-state index in [1.807, 2.05) is 25.1 Å². The van der Waals surface area contributed by atoms with Gasteiger partial charge in [-0.2, -0.15) is 13.1 Å². The van der Waals surface area contributed by atoms with Gasteiger partial charge < -0.3 is 10.5 Å². The van der Waals surface area contributed by atoms with Gasteiger partial charge in [0.15, 0.2) is 0 Å². The van der Waals surface area contributed by atoms with Crippen molar-refractivity contribution in [3.8, 4) is 0 Å². The lowest BCUT2D eigenvalue weighted by atomic mass is 10.2. The lowest BCUT2D eigenvalue weighted by Crippen LogP contribution is -2.43. The molecule has 1 rings (SSSR count). The number of benzene rings is 1. The first-order chi connectivity index (χ1) is 9.51. The number of hydrogen-bond donors (Lipinski definition) is 2. The third-order valence-electron chi connectivity index (χ3n) is 2.74. The summed E-state index contributed by atoms with van der Waals surface area (Å²) in [6.07, 6.45) is 0.596. The number of hydrogen-bond acceptors (Lipinski definition) is 4. The van der Waals surface area contributed by atoms with Crippen LogP contribution in [-0.4, -0.2) is 41.8 Å². The normalized spacial score (nSPS) is 11.6. The maximum atomic E-state index is 12.3. The zero-order chi connectivity index (χ0) is 15.0. The van der Waals surface area contributed by atoms with Gasteiger partial charge in [-0.05, 0) is 37.6 Å². The van der Waals surface area contributed by atoms with Gasteiger partial charge in [0.1, 0.15) is 0 Å². The predicted molar refractivity (Wildman–Crippen MR) is 81.0 cm³/mol. The van der Waals surface area contributed by atoms with Gasteiger partial charge in [-0.3, -0.25) is 4.31 Å². The van der Waals surface area contributed by atoms with Crippen molar-refractivity contribution >= 4 is 15.9 Å². The summed E-state index contributed by atoms with van der Waals surface area (Å²) in [5.41, 5.74) is 7.14. The van der Waals surface area contributed by atoms with Gasteiger partial charge >= 0.3 is 10.2 Å². The molecular weight excluding hydrogens is 278 g/mol. The van der Waals surface area contributed by atoms with Crippen molar-refractivity contribution in [2.24, 2.45) is 5.73 Å². The molecule has 0 heterocycles. The Kier molecular flexibility index (Phi) is 6.94. The summed E-state index contributed by atoms with van der Waals surface area (Å²) in [5, 5.41) is 0. The fourth-order valence-corrected chi connectivity index (χ4v) is 3.01. The van der Waals surface area contributed by atoms with E-state index in [1.54, 1.807) is 6.07 Å². The molecule has 0 atom stereocenters. The van der Waals surface area contributed by atoms with Crippen LogP contribution in [0.3, 0.4) is 0 Å². The highest BCUT2D eigenvalue weighted by Crippen LogP contribution is 2.18. The number of aryl methyl sites for hydroxylation is 1. The molecule has 114 valence electrons. The fraction of sp³-hybridized carbons (Fsp3) is 0.538. The Labute approximate surface area is 121 Å². The molecule has 0 aromatic heterocycles. The molecule has 1 aromatic rings. The van der Waals surface area contributed by atoms with E-state index in [0.29, 0.717) is 31.8 Å². The van der Waals surface area contributed by atoms with E-state index in [4.69, 9.17) is 10.5 Å². The summed E-state index contributed by atoms with van der Waals surface area (Å²) in [5.74, 6) is 0. The molecule has 7 heteroatoms. The minimum absolute atomic E-state index is 0.240. The minimum Gasteiger partial charge on any atom is -0.383 e. The molecule has 20 heavy (non-hydrogen) atoms. The lowest BCUT2D eigenvalue weighted by Gasteiger charge is -2.24. The molecule has 3 N–H and O–H groups in total. The van der Waals surface area contributed by atoms with Gasteiger partial charge in [-0.15, -0.1) is 0 Å². The summed E-state index contributed by atoms with van der Waals surface area (Å²) in [6.45, 7) is 3.29. The highest BCUT2D eigenvalue weighted by Gasteiger charge is 2.21. The van der Waals surface area contributed by atoms with E-state index in [2.05, 4.69) is 4.72 Å². The molecule has 0 saturated carbocycles. The standard InChI is InChI=1S/C13H23N3O3S/c1-12-5-3-6-13(11-12)16(9-4-7-14)20(17,18)15-8-10-19-2/h3,5-6,11,15H,4,7-10,14H2,1-2H3. The zero-order valence-electron chi connectivity index (χ0n) is 12.0. The lowest BCUT2D eigenvalue weighted by molar-refractivity contribution is 0.204. The minimum atomic E-state index is -3.59. The van der Waals surface area contributed by atoms with Gasteiger partial charge in [-0.25, -0.2) is 0 Å². The van der Waals surface area contributed by atoms with Crippen molar-refractivity contribution < 1.29 is 13.2 Å². The number of nitrogens with two attached hydrogens (primary N) is 1. The molecule has 1 aromatic carbocycles. The number of anilines is 1. The Morgan fingerprint density at radius 2 is 2.15 bits per heavy atom. The molecule has 0 aliphatic rings. The van der Waals surface area contributed by atoms with Crippen LogP contribution in [0.1, 0.15) is 12.0 Å². The van der Waals surface area contributed by atoms with E-state index < -0.39 is 10.2 Å². The van der Waals surface area contributed by atoms with Crippen LogP contribution in [0.25, 0.3) is 0 Å². The van der Waals surface area contributed by atoms with Gasteiger partial charge in [0.2, 0.25) is 0 Å². The van der Waals surface area contributed by atoms with Crippen LogP contribution < -0.4 is 14.8 Å². The van der Waals surface area contributed by atoms with Gasteiger partial charge in [-0.1, -0.05) is 12.1 Å². The van der Waals surface area contributed by atoms with Crippen LogP contribution in [0.4, 0.5) is 5.69 Å². The van der Waals surface area contributed by atoms with Crippen LogP contribution in [0.2, 0.25) is 0 Å². The average molecular weight is 301 g/mol. The predicted octanol–water partition coefficient (Wildman–Crippen LogP) is 0.631. The molecule has 0 bridgehead atoms. The second-order valence-corrected chi connectivity index (χ2v) is 6.13. The smallest absolute Gasteiger partial charge is 0.301 e. The van der Waals surface area contributed by atoms with E-state index in [1.165, 1.54) is 11.4 Å². The van der Waals surface area contributed by atoms with Crippen molar-refractivity contribution in [2.45, 2.75) is 13.3 Å². The van der Waals surface area contributed by atoms with Crippen molar-refractivity contribution in [3.05, 3.63) is 29.8 Å². The Hall–Kier alpha value is -1.15. The van der Waals surface area contributed by atoms with E-state index in [-0.39, 0.29) is 6.54 Å². The summed E-state index contributed by atoms with van der Waals surface area (Å²) in [6, 6.07) is 7.38. The second-order valence-electron chi connectivity index (χ2n) is 4.45. The highest BCUT2D eigenvalue weighted by atomic mass is 32.2. The van der Waals surface area contributed by atoms with Crippen LogP contribution in [-0.2, 0) is 14.9 Å². The van der Waals surface area contributed by atoms with Crippen molar-refractivity contribution in [1.82, 2.24) is 4.72 Å². The van der Waals surface area contributed by atoms with Crippen LogP contribution in [0.15, 0.2) is 24.3 Å². The topological polar surface area (TPSA) is 84.7 Å². The van der Waals surface area contributed by atoms with Crippen LogP contribution in [0.5, 0.6) is 0 Å². The summed E-state index contributed by atoms with van der Waals surface area (Å²) >= 11 is 0. The SMILES string of the molecule is COCCNS(=O)(=O)N(CCCN)c1cccc(C)c1. The van der Waals surface area contributed by atoms with Gasteiger partial charge in [0.05, 0.1) is 12.3 Å². The maximum absolute atomic E-state index is 12.3. The van der Waals surface area contributed by atoms with Crippen molar-refractivity contribution in [3.63, 3.8) is 0 Å². The van der Waals surface area contributed by atoms with Crippen molar-refractivity contribution in [2.75, 3.05) is 37.7 Å². The third kappa shape index (κ3) is 5.09. The molecule has 0 amide bonds. The molecule has 0 radical (unpaired) electrons. The average Bonchev–Trinajstić information content (AvgIpc) is 2.39. The fourth-order valence-electron chi connectivity index (χ4n) is 1.76. The molecule has 0 aliphatic carbocycles. The van der Waals surface area contributed by atoms with E-state index in [0.717, 1.165) is 5.56 Å². The number of ether oxygens (including phenoxy) is 1. The van der Waals surface area contributed by atoms with E-state index >= 15 is 0 Å². The number of nitrogens with one attached hydrogen (secondary N) is 1. The monoisotopic (exact) mass is 301 g/mol. The van der Waals surface area contributed by atoms with Crippen LogP contribution >= 0.6 is 0 Å². The summed E-state index contributed by atoms with van der Waals surface area (Å²) < 4.78 is 33.4. The first-order valence-corrected chi connectivity index (χ1v) is 7.98. The summed E-state index contributed by atoms with van der Waals surface area (Å²) in [7, 11) is -2.06. The molecule has 6 nitrogen and oxygen atoms in total. The van der Waals surface area contributed by atoms with Crippen molar-refractivity contribution in [1.29, 1.82) is 0 Å². The molecule has 0 saturated heterocycles. The Morgan fingerprint density at radius 3 is 2.75 bits per heavy atom. The second kappa shape index (κ2) is 8.21. The first-order valence-electron chi connectivity index (χ1n) is 6.54. The molecule has 0 spiro atoms. The molecule has 0 fully saturated rings. The van der Waals surface area contributed by atoms with Gasteiger partial charge in [0, 0.05) is 20.2 Å². The zero-order valence-corrected chi connectivity index (χ0v) is 12.8. The summed E-state index contributed by atoms with van der Waals surface area (Å²) in [4.78, 5) is 0. The largest absolute Gasteiger partial charge is 0.383 e. The molecule has 0 aliphatic heterocycles. The highest BCUT2D eigenvalue weighted by molar-refractivity contribution is 7.90.